The summed E-state index contributed by atoms with van der Waals surface area (Å²) >= 11 is 5.82. The minimum absolute atomic E-state index is 0.0858. The topological polar surface area (TPSA) is 78.4 Å². The molecule has 0 heterocycles. The molecule has 0 unspecified atom stereocenters. The summed E-state index contributed by atoms with van der Waals surface area (Å²) in [6.07, 6.45) is 0. The number of aliphatic hydroxyl groups is 1. The first kappa shape index (κ1) is 17.0. The van der Waals surface area contributed by atoms with E-state index < -0.39 is 0 Å². The molecule has 0 aliphatic heterocycles. The van der Waals surface area contributed by atoms with E-state index >= 15 is 0 Å². The lowest BCUT2D eigenvalue weighted by molar-refractivity contribution is -0.120. The molecular weight excluding hydrogens is 316 g/mol. The first-order chi connectivity index (χ1) is 11.1. The lowest BCUT2D eigenvalue weighted by Crippen LogP contribution is -2.36. The monoisotopic (exact) mass is 332 g/mol. The Kier molecular flexibility index (Phi) is 6.14. The summed E-state index contributed by atoms with van der Waals surface area (Å²) < 4.78 is 0. The molecule has 0 atom stereocenters. The van der Waals surface area contributed by atoms with Gasteiger partial charge in [0.25, 0.3) is 5.91 Å². The van der Waals surface area contributed by atoms with Crippen LogP contribution in [0.5, 0.6) is 0 Å². The van der Waals surface area contributed by atoms with Gasteiger partial charge in [0.1, 0.15) is 0 Å². The summed E-state index contributed by atoms with van der Waals surface area (Å²) in [5.41, 5.74) is 2.00. The number of aliphatic hydroxyl groups excluding tert-OH is 1. The molecule has 2 amide bonds. The normalized spacial score (nSPS) is 10.2. The van der Waals surface area contributed by atoms with Gasteiger partial charge in [0.15, 0.2) is 0 Å². The van der Waals surface area contributed by atoms with Crippen LogP contribution in [0.3, 0.4) is 0 Å². The molecular formula is C17H17ClN2O3. The lowest BCUT2D eigenvalue weighted by atomic mass is 10.1. The molecule has 0 aliphatic rings. The highest BCUT2D eigenvalue weighted by atomic mass is 35.5. The molecule has 6 heteroatoms. The fourth-order valence-electron chi connectivity index (χ4n) is 2.03. The van der Waals surface area contributed by atoms with Gasteiger partial charge in [-0.05, 0) is 29.3 Å². The zero-order valence-corrected chi connectivity index (χ0v) is 13.1. The number of nitrogens with one attached hydrogen (secondary N) is 2. The Morgan fingerprint density at radius 1 is 1.00 bits per heavy atom. The minimum Gasteiger partial charge on any atom is -0.392 e. The largest absolute Gasteiger partial charge is 0.392 e. The van der Waals surface area contributed by atoms with Crippen LogP contribution < -0.4 is 10.6 Å². The molecule has 0 fully saturated rings. The van der Waals surface area contributed by atoms with Crippen molar-refractivity contribution in [2.75, 3.05) is 6.54 Å². The molecule has 2 rings (SSSR count). The fourth-order valence-corrected chi connectivity index (χ4v) is 2.22. The Labute approximate surface area is 139 Å². The quantitative estimate of drug-likeness (QED) is 0.755. The van der Waals surface area contributed by atoms with Crippen LogP contribution >= 0.6 is 11.6 Å². The summed E-state index contributed by atoms with van der Waals surface area (Å²) in [6.45, 7) is 0.0762. The Hall–Kier alpha value is -2.37. The third-order valence-electron chi connectivity index (χ3n) is 3.26. The third kappa shape index (κ3) is 5.09. The van der Waals surface area contributed by atoms with Gasteiger partial charge in [-0.25, -0.2) is 0 Å². The minimum atomic E-state index is -0.363. The van der Waals surface area contributed by atoms with Crippen molar-refractivity contribution < 1.29 is 14.7 Å². The van der Waals surface area contributed by atoms with Crippen LogP contribution in [0.15, 0.2) is 48.5 Å². The Morgan fingerprint density at radius 2 is 1.74 bits per heavy atom. The predicted molar refractivity (Wildman–Crippen MR) is 88.0 cm³/mol. The van der Waals surface area contributed by atoms with Crippen molar-refractivity contribution in [1.29, 1.82) is 0 Å². The molecule has 3 N–H and O–H groups in total. The van der Waals surface area contributed by atoms with Gasteiger partial charge in [-0.1, -0.05) is 41.9 Å². The summed E-state index contributed by atoms with van der Waals surface area (Å²) in [4.78, 5) is 23.7. The van der Waals surface area contributed by atoms with E-state index in [4.69, 9.17) is 11.6 Å². The van der Waals surface area contributed by atoms with E-state index in [-0.39, 0.29) is 25.0 Å². The molecule has 5 nitrogen and oxygen atoms in total. The molecule has 0 aliphatic carbocycles. The number of carbonyl (C=O) groups is 2. The van der Waals surface area contributed by atoms with Crippen LogP contribution in [-0.4, -0.2) is 23.5 Å². The molecule has 2 aromatic rings. The van der Waals surface area contributed by atoms with Crippen LogP contribution in [0.4, 0.5) is 0 Å². The first-order valence-electron chi connectivity index (χ1n) is 7.08. The van der Waals surface area contributed by atoms with Crippen molar-refractivity contribution in [3.8, 4) is 0 Å². The summed E-state index contributed by atoms with van der Waals surface area (Å²) in [6, 6.07) is 13.8. The van der Waals surface area contributed by atoms with Gasteiger partial charge in [0.2, 0.25) is 5.91 Å². The van der Waals surface area contributed by atoms with E-state index in [1.54, 1.807) is 24.3 Å². The Morgan fingerprint density at radius 3 is 2.43 bits per heavy atom. The van der Waals surface area contributed by atoms with Crippen LogP contribution in [0.25, 0.3) is 0 Å². The molecule has 2 aromatic carbocycles. The highest BCUT2D eigenvalue weighted by Gasteiger charge is 2.09. The lowest BCUT2D eigenvalue weighted by Gasteiger charge is -2.10. The molecule has 0 bridgehead atoms. The Bertz CT molecular complexity index is 704. The molecule has 0 saturated carbocycles. The van der Waals surface area contributed by atoms with Gasteiger partial charge < -0.3 is 15.7 Å². The van der Waals surface area contributed by atoms with E-state index in [1.165, 1.54) is 6.07 Å². The third-order valence-corrected chi connectivity index (χ3v) is 3.50. The van der Waals surface area contributed by atoms with Crippen molar-refractivity contribution in [3.05, 3.63) is 70.2 Å². The number of carbonyl (C=O) groups excluding carboxylic acids is 2. The smallest absolute Gasteiger partial charge is 0.251 e. The van der Waals surface area contributed by atoms with Crippen LogP contribution in [0.2, 0.25) is 5.02 Å². The van der Waals surface area contributed by atoms with Gasteiger partial charge in [-0.3, -0.25) is 9.59 Å². The highest BCUT2D eigenvalue weighted by molar-refractivity contribution is 6.30. The predicted octanol–water partition coefficient (Wildman–Crippen LogP) is 1.88. The number of benzene rings is 2. The molecule has 120 valence electrons. The Balaban J connectivity index is 1.82. The van der Waals surface area contributed by atoms with Crippen molar-refractivity contribution in [2.45, 2.75) is 13.2 Å². The second-order valence-electron chi connectivity index (χ2n) is 4.90. The zero-order valence-electron chi connectivity index (χ0n) is 12.4. The second-order valence-corrected chi connectivity index (χ2v) is 5.33. The van der Waals surface area contributed by atoms with E-state index in [2.05, 4.69) is 10.6 Å². The number of amides is 2. The van der Waals surface area contributed by atoms with Crippen LogP contribution in [0, 0.1) is 0 Å². The molecule has 0 aromatic heterocycles. The van der Waals surface area contributed by atoms with Gasteiger partial charge >= 0.3 is 0 Å². The molecule has 0 saturated heterocycles. The van der Waals surface area contributed by atoms with E-state index in [9.17, 15) is 14.7 Å². The van der Waals surface area contributed by atoms with Gasteiger partial charge in [0, 0.05) is 17.1 Å². The molecule has 23 heavy (non-hydrogen) atoms. The van der Waals surface area contributed by atoms with Crippen molar-refractivity contribution in [2.24, 2.45) is 0 Å². The van der Waals surface area contributed by atoms with Crippen molar-refractivity contribution in [3.63, 3.8) is 0 Å². The van der Waals surface area contributed by atoms with Crippen LogP contribution in [-0.2, 0) is 17.9 Å². The van der Waals surface area contributed by atoms with Gasteiger partial charge in [0.05, 0.1) is 13.2 Å². The highest BCUT2D eigenvalue weighted by Crippen LogP contribution is 2.10. The van der Waals surface area contributed by atoms with Gasteiger partial charge in [-0.2, -0.15) is 0 Å². The van der Waals surface area contributed by atoms with Gasteiger partial charge in [-0.15, -0.1) is 0 Å². The van der Waals surface area contributed by atoms with E-state index in [0.29, 0.717) is 17.1 Å². The SMILES string of the molecule is O=C(CNC(=O)c1cccc(Cl)c1)NCc1ccccc1CO. The fraction of sp³-hybridized carbons (Fsp3) is 0.176. The van der Waals surface area contributed by atoms with Crippen molar-refractivity contribution >= 4 is 23.4 Å². The standard InChI is InChI=1S/C17H17ClN2O3/c18-15-7-3-6-12(8-15)17(23)20-10-16(22)19-9-13-4-1-2-5-14(13)11-21/h1-8,21H,9-11H2,(H,19,22)(H,20,23). The molecule has 0 radical (unpaired) electrons. The summed E-state index contributed by atoms with van der Waals surface area (Å²) in [5, 5.41) is 14.9. The number of hydrogen-bond donors (Lipinski definition) is 3. The number of rotatable bonds is 6. The average molecular weight is 333 g/mol. The van der Waals surface area contributed by atoms with E-state index in [0.717, 1.165) is 11.1 Å². The number of hydrogen-bond acceptors (Lipinski definition) is 3. The van der Waals surface area contributed by atoms with Crippen molar-refractivity contribution in [1.82, 2.24) is 10.6 Å². The zero-order chi connectivity index (χ0) is 16.7. The molecule has 0 spiro atoms. The number of halogens is 1. The maximum Gasteiger partial charge on any atom is 0.251 e. The summed E-state index contributed by atoms with van der Waals surface area (Å²) in [7, 11) is 0. The second kappa shape index (κ2) is 8.31. The first-order valence-corrected chi connectivity index (χ1v) is 7.46. The van der Waals surface area contributed by atoms with Crippen LogP contribution in [0.1, 0.15) is 21.5 Å². The van der Waals surface area contributed by atoms with E-state index in [1.807, 2.05) is 18.2 Å². The average Bonchev–Trinajstić information content (AvgIpc) is 2.58. The summed E-state index contributed by atoms with van der Waals surface area (Å²) in [5.74, 6) is -0.675. The maximum atomic E-state index is 11.9. The maximum absolute atomic E-state index is 11.9.